The highest BCUT2D eigenvalue weighted by atomic mass is 35.5. The van der Waals surface area contributed by atoms with Crippen molar-refractivity contribution in [3.8, 4) is 5.75 Å². The molecule has 0 saturated carbocycles. The van der Waals surface area contributed by atoms with Gasteiger partial charge < -0.3 is 10.1 Å². The SMILES string of the molecule is COc1ccc(NC(=O)[C@H](C)NS(=O)(=O)c2c(C)c(C)cc(C)c2C)cc1Cl. The number of amides is 1. The van der Waals surface area contributed by atoms with Crippen molar-refractivity contribution in [3.63, 3.8) is 0 Å². The molecule has 8 heteroatoms. The van der Waals surface area contributed by atoms with Crippen LogP contribution in [0, 0.1) is 27.7 Å². The van der Waals surface area contributed by atoms with Gasteiger partial charge in [0.2, 0.25) is 15.9 Å². The van der Waals surface area contributed by atoms with E-state index in [1.165, 1.54) is 20.1 Å². The maximum atomic E-state index is 13.0. The minimum Gasteiger partial charge on any atom is -0.495 e. The van der Waals surface area contributed by atoms with Crippen LogP contribution in [0.3, 0.4) is 0 Å². The predicted molar refractivity (Wildman–Crippen MR) is 112 cm³/mol. The number of hydrogen-bond donors (Lipinski definition) is 2. The molecular formula is C20H25ClN2O4S. The van der Waals surface area contributed by atoms with Crippen LogP contribution in [-0.2, 0) is 14.8 Å². The maximum absolute atomic E-state index is 13.0. The van der Waals surface area contributed by atoms with E-state index in [0.717, 1.165) is 11.1 Å². The summed E-state index contributed by atoms with van der Waals surface area (Å²) in [6.07, 6.45) is 0. The number of hydrogen-bond acceptors (Lipinski definition) is 4. The molecule has 2 N–H and O–H groups in total. The maximum Gasteiger partial charge on any atom is 0.242 e. The predicted octanol–water partition coefficient (Wildman–Crippen LogP) is 3.89. The second kappa shape index (κ2) is 8.51. The Hall–Kier alpha value is -2.09. The standard InChI is InChI=1S/C20H25ClN2O4S/c1-11-9-12(2)14(4)19(13(11)3)28(25,26)23-15(5)20(24)22-16-7-8-18(27-6)17(21)10-16/h7-10,15,23H,1-6H3,(H,22,24)/t15-/m0/s1. The average molecular weight is 425 g/mol. The third kappa shape index (κ3) is 4.66. The Kier molecular flexibility index (Phi) is 6.75. The van der Waals surface area contributed by atoms with Gasteiger partial charge in [0.1, 0.15) is 5.75 Å². The topological polar surface area (TPSA) is 84.5 Å². The summed E-state index contributed by atoms with van der Waals surface area (Å²) in [6, 6.07) is 5.76. The third-order valence-electron chi connectivity index (χ3n) is 4.71. The van der Waals surface area contributed by atoms with Crippen LogP contribution < -0.4 is 14.8 Å². The zero-order valence-electron chi connectivity index (χ0n) is 16.8. The summed E-state index contributed by atoms with van der Waals surface area (Å²) in [4.78, 5) is 12.7. The van der Waals surface area contributed by atoms with Crippen LogP contribution in [0.5, 0.6) is 5.75 Å². The fraction of sp³-hybridized carbons (Fsp3) is 0.350. The van der Waals surface area contributed by atoms with E-state index in [-0.39, 0.29) is 4.90 Å². The van der Waals surface area contributed by atoms with Gasteiger partial charge in [-0.2, -0.15) is 4.72 Å². The highest BCUT2D eigenvalue weighted by Gasteiger charge is 2.26. The highest BCUT2D eigenvalue weighted by molar-refractivity contribution is 7.89. The van der Waals surface area contributed by atoms with Crippen LogP contribution in [0.1, 0.15) is 29.2 Å². The molecule has 0 aromatic heterocycles. The smallest absolute Gasteiger partial charge is 0.242 e. The van der Waals surface area contributed by atoms with E-state index in [0.29, 0.717) is 27.6 Å². The number of anilines is 1. The van der Waals surface area contributed by atoms with Crippen molar-refractivity contribution in [1.82, 2.24) is 4.72 Å². The van der Waals surface area contributed by atoms with Gasteiger partial charge >= 0.3 is 0 Å². The lowest BCUT2D eigenvalue weighted by molar-refractivity contribution is -0.117. The van der Waals surface area contributed by atoms with Crippen molar-refractivity contribution in [1.29, 1.82) is 0 Å². The van der Waals surface area contributed by atoms with Gasteiger partial charge in [0, 0.05) is 5.69 Å². The molecule has 1 atom stereocenters. The van der Waals surface area contributed by atoms with Crippen molar-refractivity contribution in [2.24, 2.45) is 0 Å². The summed E-state index contributed by atoms with van der Waals surface area (Å²) in [6.45, 7) is 8.75. The first-order valence-electron chi connectivity index (χ1n) is 8.72. The number of rotatable bonds is 6. The molecule has 2 rings (SSSR count). The van der Waals surface area contributed by atoms with Gasteiger partial charge in [-0.3, -0.25) is 4.79 Å². The molecule has 1 amide bonds. The summed E-state index contributed by atoms with van der Waals surface area (Å²) < 4.78 is 33.4. The largest absolute Gasteiger partial charge is 0.495 e. The number of nitrogens with one attached hydrogen (secondary N) is 2. The summed E-state index contributed by atoms with van der Waals surface area (Å²) in [5, 5.41) is 3.00. The lowest BCUT2D eigenvalue weighted by Crippen LogP contribution is -2.42. The molecule has 0 unspecified atom stereocenters. The minimum absolute atomic E-state index is 0.220. The Morgan fingerprint density at radius 1 is 1.07 bits per heavy atom. The second-order valence-corrected chi connectivity index (χ2v) is 8.83. The van der Waals surface area contributed by atoms with E-state index >= 15 is 0 Å². The molecule has 0 aliphatic heterocycles. The van der Waals surface area contributed by atoms with Gasteiger partial charge in [0.25, 0.3) is 0 Å². The van der Waals surface area contributed by atoms with Crippen LogP contribution in [-0.4, -0.2) is 27.5 Å². The molecule has 0 saturated heterocycles. The van der Waals surface area contributed by atoms with Crippen molar-refractivity contribution >= 4 is 33.2 Å². The molecule has 0 aliphatic carbocycles. The molecule has 0 fully saturated rings. The average Bonchev–Trinajstić information content (AvgIpc) is 2.59. The van der Waals surface area contributed by atoms with Gasteiger partial charge in [-0.1, -0.05) is 17.7 Å². The van der Waals surface area contributed by atoms with E-state index in [1.807, 2.05) is 19.9 Å². The molecule has 2 aromatic carbocycles. The van der Waals surface area contributed by atoms with Crippen LogP contribution in [0.4, 0.5) is 5.69 Å². The van der Waals surface area contributed by atoms with Crippen LogP contribution in [0.25, 0.3) is 0 Å². The lowest BCUT2D eigenvalue weighted by atomic mass is 10.0. The summed E-state index contributed by atoms with van der Waals surface area (Å²) in [7, 11) is -2.39. The second-order valence-electron chi connectivity index (χ2n) is 6.77. The molecule has 0 spiro atoms. The Balaban J connectivity index is 2.23. The molecular weight excluding hydrogens is 400 g/mol. The fourth-order valence-electron chi connectivity index (χ4n) is 2.92. The molecule has 0 bridgehead atoms. The van der Waals surface area contributed by atoms with Gasteiger partial charge in [-0.05, 0) is 75.1 Å². The van der Waals surface area contributed by atoms with E-state index in [9.17, 15) is 13.2 Å². The lowest BCUT2D eigenvalue weighted by Gasteiger charge is -2.19. The van der Waals surface area contributed by atoms with E-state index in [1.54, 1.807) is 26.0 Å². The number of sulfonamides is 1. The number of methoxy groups -OCH3 is 1. The van der Waals surface area contributed by atoms with Gasteiger partial charge in [-0.25, -0.2) is 8.42 Å². The van der Waals surface area contributed by atoms with Gasteiger partial charge in [-0.15, -0.1) is 0 Å². The number of halogens is 1. The summed E-state index contributed by atoms with van der Waals surface area (Å²) in [5.74, 6) is -0.0151. The Bertz CT molecular complexity index is 993. The van der Waals surface area contributed by atoms with Crippen LogP contribution >= 0.6 is 11.6 Å². The zero-order chi connectivity index (χ0) is 21.2. The molecule has 0 aliphatic rings. The highest BCUT2D eigenvalue weighted by Crippen LogP contribution is 2.28. The Morgan fingerprint density at radius 2 is 1.64 bits per heavy atom. The van der Waals surface area contributed by atoms with Crippen molar-refractivity contribution in [2.45, 2.75) is 45.6 Å². The van der Waals surface area contributed by atoms with Crippen LogP contribution in [0.15, 0.2) is 29.2 Å². The molecule has 152 valence electrons. The van der Waals surface area contributed by atoms with Gasteiger partial charge in [0.05, 0.1) is 23.1 Å². The molecule has 6 nitrogen and oxygen atoms in total. The Morgan fingerprint density at radius 3 is 2.14 bits per heavy atom. The molecule has 0 heterocycles. The Labute approximate surface area is 171 Å². The first kappa shape index (κ1) is 22.2. The van der Waals surface area contributed by atoms with Gasteiger partial charge in [0.15, 0.2) is 0 Å². The quantitative estimate of drug-likeness (QED) is 0.736. The van der Waals surface area contributed by atoms with Crippen molar-refractivity contribution < 1.29 is 17.9 Å². The number of ether oxygens (including phenoxy) is 1. The summed E-state index contributed by atoms with van der Waals surface area (Å²) in [5.41, 5.74) is 3.55. The number of carbonyl (C=O) groups is 1. The van der Waals surface area contributed by atoms with Crippen LogP contribution in [0.2, 0.25) is 5.02 Å². The van der Waals surface area contributed by atoms with Crippen molar-refractivity contribution in [3.05, 3.63) is 51.5 Å². The number of aryl methyl sites for hydroxylation is 2. The number of benzene rings is 2. The molecule has 2 aromatic rings. The van der Waals surface area contributed by atoms with Crippen molar-refractivity contribution in [2.75, 3.05) is 12.4 Å². The number of carbonyl (C=O) groups excluding carboxylic acids is 1. The first-order chi connectivity index (χ1) is 13.0. The van der Waals surface area contributed by atoms with E-state index in [4.69, 9.17) is 16.3 Å². The summed E-state index contributed by atoms with van der Waals surface area (Å²) >= 11 is 6.06. The monoisotopic (exact) mass is 424 g/mol. The molecule has 0 radical (unpaired) electrons. The first-order valence-corrected chi connectivity index (χ1v) is 10.6. The van der Waals surface area contributed by atoms with E-state index < -0.39 is 22.0 Å². The van der Waals surface area contributed by atoms with E-state index in [2.05, 4.69) is 10.0 Å². The fourth-order valence-corrected chi connectivity index (χ4v) is 5.00. The third-order valence-corrected chi connectivity index (χ3v) is 6.82. The minimum atomic E-state index is -3.88. The molecule has 28 heavy (non-hydrogen) atoms. The zero-order valence-corrected chi connectivity index (χ0v) is 18.4. The normalized spacial score (nSPS) is 12.5.